The van der Waals surface area contributed by atoms with E-state index in [1.807, 2.05) is 23.7 Å². The second kappa shape index (κ2) is 5.89. The third-order valence-electron chi connectivity index (χ3n) is 3.82. The van der Waals surface area contributed by atoms with E-state index in [0.29, 0.717) is 5.92 Å². The van der Waals surface area contributed by atoms with Crippen LogP contribution in [0, 0.1) is 19.8 Å². The van der Waals surface area contributed by atoms with Crippen molar-refractivity contribution in [3.63, 3.8) is 0 Å². The third-order valence-corrected chi connectivity index (χ3v) is 3.82. The molecule has 0 aromatic carbocycles. The number of nitrogens with one attached hydrogen (secondary N) is 1. The number of rotatable bonds is 5. The van der Waals surface area contributed by atoms with E-state index in [-0.39, 0.29) is 18.7 Å². The number of aromatic nitrogens is 3. The molecule has 0 saturated heterocycles. The van der Waals surface area contributed by atoms with Gasteiger partial charge in [-0.25, -0.2) is 9.50 Å². The second-order valence-electron chi connectivity index (χ2n) is 5.78. The summed E-state index contributed by atoms with van der Waals surface area (Å²) in [6, 6.07) is 2.18. The van der Waals surface area contributed by atoms with Gasteiger partial charge in [0.05, 0.1) is 12.3 Å². The molecule has 2 N–H and O–H groups in total. The van der Waals surface area contributed by atoms with Crippen LogP contribution in [0.4, 0.5) is 0 Å². The summed E-state index contributed by atoms with van der Waals surface area (Å²) in [5.41, 5.74) is 4.04. The van der Waals surface area contributed by atoms with Gasteiger partial charge in [-0.1, -0.05) is 13.8 Å². The molecule has 2 unspecified atom stereocenters. The molecule has 0 bridgehead atoms. The Bertz CT molecular complexity index is 591. The van der Waals surface area contributed by atoms with Crippen LogP contribution in [0.5, 0.6) is 0 Å². The van der Waals surface area contributed by atoms with Crippen molar-refractivity contribution in [3.8, 4) is 0 Å². The largest absolute Gasteiger partial charge is 0.395 e. The van der Waals surface area contributed by atoms with Crippen molar-refractivity contribution < 1.29 is 5.11 Å². The summed E-state index contributed by atoms with van der Waals surface area (Å²) in [6.07, 6.45) is 1.90. The molecule has 0 radical (unpaired) electrons. The Balaban J connectivity index is 2.30. The Morgan fingerprint density at radius 2 is 2.00 bits per heavy atom. The Hall–Kier alpha value is -1.46. The van der Waals surface area contributed by atoms with Crippen LogP contribution < -0.4 is 5.32 Å². The molecule has 2 rings (SSSR count). The van der Waals surface area contributed by atoms with Gasteiger partial charge in [-0.2, -0.15) is 5.10 Å². The Morgan fingerprint density at radius 1 is 1.30 bits per heavy atom. The minimum atomic E-state index is 0.0828. The first-order chi connectivity index (χ1) is 9.43. The van der Waals surface area contributed by atoms with Crippen LogP contribution in [0.25, 0.3) is 5.65 Å². The molecule has 0 amide bonds. The van der Waals surface area contributed by atoms with Gasteiger partial charge in [0.1, 0.15) is 0 Å². The summed E-state index contributed by atoms with van der Waals surface area (Å²) >= 11 is 0. The van der Waals surface area contributed by atoms with E-state index in [2.05, 4.69) is 43.1 Å². The van der Waals surface area contributed by atoms with Crippen LogP contribution in [0.3, 0.4) is 0 Å². The Morgan fingerprint density at radius 3 is 2.60 bits per heavy atom. The summed E-state index contributed by atoms with van der Waals surface area (Å²) in [4.78, 5) is 4.46. The molecule has 2 heterocycles. The van der Waals surface area contributed by atoms with Crippen LogP contribution >= 0.6 is 0 Å². The van der Waals surface area contributed by atoms with Gasteiger partial charge >= 0.3 is 0 Å². The maximum absolute atomic E-state index is 9.44. The molecule has 0 spiro atoms. The summed E-state index contributed by atoms with van der Waals surface area (Å²) in [6.45, 7) is 10.5. The molecule has 0 fully saturated rings. The molecular formula is C15H24N4O. The molecule has 0 aliphatic carbocycles. The highest BCUT2D eigenvalue weighted by Gasteiger charge is 2.18. The quantitative estimate of drug-likeness (QED) is 0.877. The fourth-order valence-corrected chi connectivity index (χ4v) is 2.47. The van der Waals surface area contributed by atoms with E-state index in [1.165, 1.54) is 0 Å². The zero-order chi connectivity index (χ0) is 14.9. The van der Waals surface area contributed by atoms with Crippen molar-refractivity contribution in [1.82, 2.24) is 19.9 Å². The lowest BCUT2D eigenvalue weighted by Crippen LogP contribution is -2.39. The average Bonchev–Trinajstić information content (AvgIpc) is 2.77. The van der Waals surface area contributed by atoms with Crippen molar-refractivity contribution in [2.75, 3.05) is 6.61 Å². The molecule has 5 nitrogen and oxygen atoms in total. The Labute approximate surface area is 120 Å². The fraction of sp³-hybridized carbons (Fsp3) is 0.600. The first-order valence-corrected chi connectivity index (χ1v) is 7.12. The standard InChI is InChI=1S/C15H24N4O/c1-9(2)14(8-20)17-11(4)13-7-16-15-6-10(3)18-19(15)12(13)5/h6-7,9,11,14,17,20H,8H2,1-5H3. The predicted molar refractivity (Wildman–Crippen MR) is 79.7 cm³/mol. The first kappa shape index (κ1) is 14.9. The minimum absolute atomic E-state index is 0.0828. The molecular weight excluding hydrogens is 252 g/mol. The van der Waals surface area contributed by atoms with Crippen molar-refractivity contribution >= 4 is 5.65 Å². The van der Waals surface area contributed by atoms with Crippen LogP contribution in [0.2, 0.25) is 0 Å². The lowest BCUT2D eigenvalue weighted by atomic mass is 10.0. The van der Waals surface area contributed by atoms with Crippen LogP contribution in [0.15, 0.2) is 12.3 Å². The zero-order valence-electron chi connectivity index (χ0n) is 12.9. The summed E-state index contributed by atoms with van der Waals surface area (Å²) in [7, 11) is 0. The van der Waals surface area contributed by atoms with E-state index in [0.717, 1.165) is 22.6 Å². The van der Waals surface area contributed by atoms with Gasteiger partial charge in [0.25, 0.3) is 0 Å². The fourth-order valence-electron chi connectivity index (χ4n) is 2.47. The van der Waals surface area contributed by atoms with Gasteiger partial charge in [-0.05, 0) is 26.7 Å². The molecule has 0 aliphatic heterocycles. The topological polar surface area (TPSA) is 62.5 Å². The lowest BCUT2D eigenvalue weighted by Gasteiger charge is -2.25. The van der Waals surface area contributed by atoms with Crippen LogP contribution in [0.1, 0.15) is 43.8 Å². The number of aliphatic hydroxyl groups is 1. The van der Waals surface area contributed by atoms with E-state index in [9.17, 15) is 5.11 Å². The zero-order valence-corrected chi connectivity index (χ0v) is 12.9. The second-order valence-corrected chi connectivity index (χ2v) is 5.78. The van der Waals surface area contributed by atoms with Crippen molar-refractivity contribution in [3.05, 3.63) is 29.2 Å². The molecule has 20 heavy (non-hydrogen) atoms. The maximum atomic E-state index is 9.44. The van der Waals surface area contributed by atoms with Gasteiger partial charge in [-0.3, -0.25) is 0 Å². The van der Waals surface area contributed by atoms with Crippen molar-refractivity contribution in [2.45, 2.75) is 46.7 Å². The molecule has 5 heteroatoms. The highest BCUT2D eigenvalue weighted by Crippen LogP contribution is 2.19. The number of hydrogen-bond acceptors (Lipinski definition) is 4. The molecule has 110 valence electrons. The van der Waals surface area contributed by atoms with Gasteiger partial charge in [-0.15, -0.1) is 0 Å². The van der Waals surface area contributed by atoms with Gasteiger partial charge in [0, 0.05) is 35.6 Å². The summed E-state index contributed by atoms with van der Waals surface area (Å²) in [5.74, 6) is 0.381. The van der Waals surface area contributed by atoms with E-state index >= 15 is 0 Å². The number of fused-ring (bicyclic) bond motifs is 1. The number of aliphatic hydroxyl groups excluding tert-OH is 1. The highest BCUT2D eigenvalue weighted by atomic mass is 16.3. The predicted octanol–water partition coefficient (Wildman–Crippen LogP) is 2.01. The number of nitrogens with zero attached hydrogens (tertiary/aromatic N) is 3. The highest BCUT2D eigenvalue weighted by molar-refractivity contribution is 5.42. The van der Waals surface area contributed by atoms with Crippen molar-refractivity contribution in [2.24, 2.45) is 5.92 Å². The lowest BCUT2D eigenvalue weighted by molar-refractivity contribution is 0.201. The Kier molecular flexibility index (Phi) is 4.40. The summed E-state index contributed by atoms with van der Waals surface area (Å²) in [5, 5.41) is 17.4. The molecule has 0 saturated carbocycles. The summed E-state index contributed by atoms with van der Waals surface area (Å²) < 4.78 is 1.88. The van der Waals surface area contributed by atoms with Gasteiger partial charge in [0.15, 0.2) is 5.65 Å². The van der Waals surface area contributed by atoms with Crippen molar-refractivity contribution in [1.29, 1.82) is 0 Å². The molecule has 2 aromatic rings. The SMILES string of the molecule is Cc1cc2ncc(C(C)NC(CO)C(C)C)c(C)n2n1. The first-order valence-electron chi connectivity index (χ1n) is 7.12. The minimum Gasteiger partial charge on any atom is -0.395 e. The van der Waals surface area contributed by atoms with E-state index < -0.39 is 0 Å². The monoisotopic (exact) mass is 276 g/mol. The normalized spacial score (nSPS) is 14.9. The number of hydrogen-bond donors (Lipinski definition) is 2. The molecule has 0 aliphatic rings. The van der Waals surface area contributed by atoms with Gasteiger partial charge < -0.3 is 10.4 Å². The third kappa shape index (κ3) is 2.83. The maximum Gasteiger partial charge on any atom is 0.155 e. The smallest absolute Gasteiger partial charge is 0.155 e. The van der Waals surface area contributed by atoms with Crippen LogP contribution in [-0.4, -0.2) is 32.4 Å². The number of aryl methyl sites for hydroxylation is 2. The molecule has 2 aromatic heterocycles. The molecule has 2 atom stereocenters. The van der Waals surface area contributed by atoms with Crippen LogP contribution in [-0.2, 0) is 0 Å². The average molecular weight is 276 g/mol. The van der Waals surface area contributed by atoms with Gasteiger partial charge in [0.2, 0.25) is 0 Å². The van der Waals surface area contributed by atoms with E-state index in [4.69, 9.17) is 0 Å². The van der Waals surface area contributed by atoms with E-state index in [1.54, 1.807) is 0 Å².